The van der Waals surface area contributed by atoms with Crippen molar-refractivity contribution < 1.29 is 9.26 Å². The second kappa shape index (κ2) is 5.01. The Morgan fingerprint density at radius 1 is 1.41 bits per heavy atom. The van der Waals surface area contributed by atoms with E-state index >= 15 is 0 Å². The summed E-state index contributed by atoms with van der Waals surface area (Å²) in [6, 6.07) is 7.70. The number of aryl methyl sites for hydroxylation is 1. The third kappa shape index (κ3) is 2.85. The van der Waals surface area contributed by atoms with Crippen LogP contribution in [-0.4, -0.2) is 5.16 Å². The van der Waals surface area contributed by atoms with Gasteiger partial charge in [0.15, 0.2) is 5.76 Å². The minimum Gasteiger partial charge on any atom is -0.485 e. The Kier molecular flexibility index (Phi) is 3.44. The summed E-state index contributed by atoms with van der Waals surface area (Å²) in [4.78, 5) is 0. The Labute approximate surface area is 100 Å². The highest BCUT2D eigenvalue weighted by molar-refractivity contribution is 5.38. The molecular formula is C13H16N2O2. The van der Waals surface area contributed by atoms with Gasteiger partial charge in [0.25, 0.3) is 0 Å². The first-order valence-electron chi connectivity index (χ1n) is 5.55. The smallest absolute Gasteiger partial charge is 0.174 e. The van der Waals surface area contributed by atoms with Crippen molar-refractivity contribution in [1.29, 1.82) is 0 Å². The van der Waals surface area contributed by atoms with Gasteiger partial charge in [0.1, 0.15) is 12.4 Å². The fraction of sp³-hybridized carbons (Fsp3) is 0.308. The number of rotatable bonds is 4. The zero-order valence-corrected chi connectivity index (χ0v) is 10.0. The SMILES string of the molecule is Cc1ccc(OCc2ccno2)c([C@@H](C)N)c1. The van der Waals surface area contributed by atoms with Gasteiger partial charge in [-0.3, -0.25) is 0 Å². The number of aromatic nitrogens is 1. The van der Waals surface area contributed by atoms with Gasteiger partial charge in [0.2, 0.25) is 0 Å². The Balaban J connectivity index is 2.14. The molecule has 0 saturated heterocycles. The van der Waals surface area contributed by atoms with Crippen LogP contribution in [0.5, 0.6) is 5.75 Å². The second-order valence-corrected chi connectivity index (χ2v) is 4.10. The van der Waals surface area contributed by atoms with Crippen LogP contribution in [0.2, 0.25) is 0 Å². The monoisotopic (exact) mass is 232 g/mol. The lowest BCUT2D eigenvalue weighted by Crippen LogP contribution is -2.08. The van der Waals surface area contributed by atoms with E-state index in [0.717, 1.165) is 11.3 Å². The van der Waals surface area contributed by atoms with E-state index in [0.29, 0.717) is 12.4 Å². The van der Waals surface area contributed by atoms with Crippen molar-refractivity contribution >= 4 is 0 Å². The number of nitrogens with zero attached hydrogens (tertiary/aromatic N) is 1. The molecule has 1 aromatic carbocycles. The van der Waals surface area contributed by atoms with Gasteiger partial charge in [-0.25, -0.2) is 0 Å². The molecule has 1 atom stereocenters. The van der Waals surface area contributed by atoms with E-state index in [-0.39, 0.29) is 6.04 Å². The van der Waals surface area contributed by atoms with Crippen molar-refractivity contribution in [3.63, 3.8) is 0 Å². The van der Waals surface area contributed by atoms with E-state index in [9.17, 15) is 0 Å². The normalized spacial score (nSPS) is 12.4. The van der Waals surface area contributed by atoms with E-state index in [1.807, 2.05) is 32.0 Å². The molecule has 0 unspecified atom stereocenters. The summed E-state index contributed by atoms with van der Waals surface area (Å²) >= 11 is 0. The Bertz CT molecular complexity index is 478. The number of nitrogens with two attached hydrogens (primary N) is 1. The van der Waals surface area contributed by atoms with Crippen molar-refractivity contribution in [2.45, 2.75) is 26.5 Å². The third-order valence-corrected chi connectivity index (χ3v) is 2.52. The van der Waals surface area contributed by atoms with Crippen molar-refractivity contribution in [2.24, 2.45) is 5.73 Å². The zero-order chi connectivity index (χ0) is 12.3. The molecule has 2 aromatic rings. The van der Waals surface area contributed by atoms with Crippen molar-refractivity contribution in [2.75, 3.05) is 0 Å². The van der Waals surface area contributed by atoms with Gasteiger partial charge < -0.3 is 15.0 Å². The van der Waals surface area contributed by atoms with E-state index < -0.39 is 0 Å². The molecule has 0 bridgehead atoms. The summed E-state index contributed by atoms with van der Waals surface area (Å²) in [7, 11) is 0. The molecule has 4 heteroatoms. The lowest BCUT2D eigenvalue weighted by Gasteiger charge is -2.13. The number of ether oxygens (including phenoxy) is 1. The van der Waals surface area contributed by atoms with Crippen LogP contribution in [-0.2, 0) is 6.61 Å². The third-order valence-electron chi connectivity index (χ3n) is 2.52. The lowest BCUT2D eigenvalue weighted by molar-refractivity contribution is 0.246. The molecule has 0 aliphatic rings. The lowest BCUT2D eigenvalue weighted by atomic mass is 10.1. The summed E-state index contributed by atoms with van der Waals surface area (Å²) in [5.74, 6) is 1.49. The fourth-order valence-corrected chi connectivity index (χ4v) is 1.62. The minimum absolute atomic E-state index is 0.0559. The van der Waals surface area contributed by atoms with Gasteiger partial charge >= 0.3 is 0 Å². The summed E-state index contributed by atoms with van der Waals surface area (Å²) in [6.45, 7) is 4.34. The highest BCUT2D eigenvalue weighted by atomic mass is 16.5. The van der Waals surface area contributed by atoms with E-state index in [1.54, 1.807) is 12.3 Å². The van der Waals surface area contributed by atoms with Crippen LogP contribution in [0.4, 0.5) is 0 Å². The average Bonchev–Trinajstić information content (AvgIpc) is 2.80. The van der Waals surface area contributed by atoms with Crippen LogP contribution in [0.15, 0.2) is 35.0 Å². The molecule has 0 fully saturated rings. The van der Waals surface area contributed by atoms with Crippen molar-refractivity contribution in [1.82, 2.24) is 5.16 Å². The molecule has 0 aliphatic carbocycles. The summed E-state index contributed by atoms with van der Waals surface area (Å²) in [5, 5.41) is 3.63. The molecule has 1 heterocycles. The van der Waals surface area contributed by atoms with Gasteiger partial charge in [-0.1, -0.05) is 22.9 Å². The summed E-state index contributed by atoms with van der Waals surface area (Å²) in [5.41, 5.74) is 8.09. The first kappa shape index (κ1) is 11.7. The molecule has 0 spiro atoms. The van der Waals surface area contributed by atoms with Gasteiger partial charge in [-0.05, 0) is 19.9 Å². The molecule has 4 nitrogen and oxygen atoms in total. The van der Waals surface area contributed by atoms with Crippen LogP contribution in [0.1, 0.15) is 29.9 Å². The number of hydrogen-bond donors (Lipinski definition) is 1. The highest BCUT2D eigenvalue weighted by Gasteiger charge is 2.09. The Hall–Kier alpha value is -1.81. The van der Waals surface area contributed by atoms with Gasteiger partial charge in [0, 0.05) is 17.7 Å². The summed E-state index contributed by atoms with van der Waals surface area (Å²) < 4.78 is 10.7. The second-order valence-electron chi connectivity index (χ2n) is 4.10. The average molecular weight is 232 g/mol. The van der Waals surface area contributed by atoms with Gasteiger partial charge in [-0.2, -0.15) is 0 Å². The fourth-order valence-electron chi connectivity index (χ4n) is 1.62. The van der Waals surface area contributed by atoms with Crippen LogP contribution >= 0.6 is 0 Å². The maximum atomic E-state index is 5.92. The maximum absolute atomic E-state index is 5.92. The molecular weight excluding hydrogens is 216 g/mol. The quantitative estimate of drug-likeness (QED) is 0.880. The largest absolute Gasteiger partial charge is 0.485 e. The zero-order valence-electron chi connectivity index (χ0n) is 10.0. The van der Waals surface area contributed by atoms with Crippen LogP contribution in [0, 0.1) is 6.92 Å². The summed E-state index contributed by atoms with van der Waals surface area (Å²) in [6.07, 6.45) is 1.60. The molecule has 1 aromatic heterocycles. The van der Waals surface area contributed by atoms with Gasteiger partial charge in [-0.15, -0.1) is 0 Å². The molecule has 2 N–H and O–H groups in total. The number of benzene rings is 1. The van der Waals surface area contributed by atoms with Crippen molar-refractivity contribution in [3.05, 3.63) is 47.3 Å². The molecule has 0 aliphatic heterocycles. The highest BCUT2D eigenvalue weighted by Crippen LogP contribution is 2.25. The molecule has 0 radical (unpaired) electrons. The van der Waals surface area contributed by atoms with Crippen LogP contribution in [0.3, 0.4) is 0 Å². The van der Waals surface area contributed by atoms with Crippen LogP contribution in [0.25, 0.3) is 0 Å². The van der Waals surface area contributed by atoms with E-state index in [1.165, 1.54) is 5.56 Å². The van der Waals surface area contributed by atoms with Crippen molar-refractivity contribution in [3.8, 4) is 5.75 Å². The molecule has 17 heavy (non-hydrogen) atoms. The maximum Gasteiger partial charge on any atom is 0.174 e. The molecule has 90 valence electrons. The first-order valence-corrected chi connectivity index (χ1v) is 5.55. The van der Waals surface area contributed by atoms with E-state index in [4.69, 9.17) is 15.0 Å². The molecule has 0 amide bonds. The predicted octanol–water partition coefficient (Wildman–Crippen LogP) is 2.58. The van der Waals surface area contributed by atoms with Crippen LogP contribution < -0.4 is 10.5 Å². The Morgan fingerprint density at radius 3 is 2.88 bits per heavy atom. The van der Waals surface area contributed by atoms with Gasteiger partial charge in [0.05, 0.1) is 6.20 Å². The molecule has 0 saturated carbocycles. The van der Waals surface area contributed by atoms with E-state index in [2.05, 4.69) is 5.16 Å². The first-order chi connectivity index (χ1) is 8.16. The Morgan fingerprint density at radius 2 is 2.24 bits per heavy atom. The minimum atomic E-state index is -0.0559. The number of hydrogen-bond acceptors (Lipinski definition) is 4. The molecule has 2 rings (SSSR count). The topological polar surface area (TPSA) is 61.3 Å². The predicted molar refractivity (Wildman–Crippen MR) is 64.6 cm³/mol. The standard InChI is InChI=1S/C13H16N2O2/c1-9-3-4-13(12(7-9)10(2)14)16-8-11-5-6-15-17-11/h3-7,10H,8,14H2,1-2H3/t10-/m1/s1.